The van der Waals surface area contributed by atoms with Crippen LogP contribution in [0.4, 0.5) is 11.4 Å². The molecule has 1 aromatic rings. The Balaban J connectivity index is 0.00000196. The Hall–Kier alpha value is -2.18. The zero-order chi connectivity index (χ0) is 10.9. The molecule has 0 atom stereocenters. The van der Waals surface area contributed by atoms with Gasteiger partial charge < -0.3 is 5.11 Å². The van der Waals surface area contributed by atoms with Gasteiger partial charge in [0.15, 0.2) is 0 Å². The van der Waals surface area contributed by atoms with Gasteiger partial charge in [0.2, 0.25) is 0 Å². The highest BCUT2D eigenvalue weighted by Gasteiger charge is 2.24. The molecular formula is C8H10N2O5. The summed E-state index contributed by atoms with van der Waals surface area (Å²) in [4.78, 5) is 19.0. The topological polar surface area (TPSA) is 107 Å². The summed E-state index contributed by atoms with van der Waals surface area (Å²) in [6.45, 7) is 1.47. The summed E-state index contributed by atoms with van der Waals surface area (Å²) in [5, 5.41) is 29.9. The highest BCUT2D eigenvalue weighted by atomic mass is 16.6. The van der Waals surface area contributed by atoms with Gasteiger partial charge in [0.1, 0.15) is 0 Å². The lowest BCUT2D eigenvalue weighted by atomic mass is 10.2. The lowest BCUT2D eigenvalue weighted by Gasteiger charge is -1.98. The van der Waals surface area contributed by atoms with E-state index in [9.17, 15) is 25.3 Å². The van der Waals surface area contributed by atoms with Crippen molar-refractivity contribution in [2.75, 3.05) is 0 Å². The molecule has 0 radical (unpaired) electrons. The van der Waals surface area contributed by atoms with Gasteiger partial charge >= 0.3 is 11.4 Å². The van der Waals surface area contributed by atoms with Crippen molar-refractivity contribution in [1.29, 1.82) is 0 Å². The van der Waals surface area contributed by atoms with Crippen LogP contribution in [-0.4, -0.2) is 15.0 Å². The van der Waals surface area contributed by atoms with Crippen LogP contribution in [-0.2, 0) is 0 Å². The summed E-state index contributed by atoms with van der Waals surface area (Å²) in [5.41, 5.74) is -0.963. The molecule has 0 aliphatic rings. The smallest absolute Gasteiger partial charge is 0.318 e. The highest BCUT2D eigenvalue weighted by molar-refractivity contribution is 5.60. The van der Waals surface area contributed by atoms with E-state index in [4.69, 9.17) is 0 Å². The van der Waals surface area contributed by atoms with Gasteiger partial charge in [-0.1, -0.05) is 7.43 Å². The van der Waals surface area contributed by atoms with Crippen molar-refractivity contribution < 1.29 is 15.0 Å². The Morgan fingerprint density at radius 3 is 1.73 bits per heavy atom. The molecule has 7 nitrogen and oxygen atoms in total. The van der Waals surface area contributed by atoms with E-state index in [0.29, 0.717) is 5.56 Å². The minimum absolute atomic E-state index is 0. The van der Waals surface area contributed by atoms with Gasteiger partial charge in [-0.05, 0) is 12.5 Å². The first-order valence-electron chi connectivity index (χ1n) is 3.56. The number of aromatic hydroxyl groups is 1. The van der Waals surface area contributed by atoms with Gasteiger partial charge in [-0.2, -0.15) is 0 Å². The zero-order valence-electron chi connectivity index (χ0n) is 7.13. The van der Waals surface area contributed by atoms with Crippen molar-refractivity contribution in [3.8, 4) is 5.75 Å². The van der Waals surface area contributed by atoms with Gasteiger partial charge in [-0.25, -0.2) is 0 Å². The van der Waals surface area contributed by atoms with Crippen LogP contribution in [0.15, 0.2) is 12.1 Å². The van der Waals surface area contributed by atoms with E-state index in [1.165, 1.54) is 6.92 Å². The predicted molar refractivity (Wildman–Crippen MR) is 52.9 cm³/mol. The molecule has 0 saturated carbocycles. The minimum Gasteiger partial charge on any atom is -0.497 e. The van der Waals surface area contributed by atoms with Gasteiger partial charge in [0.25, 0.3) is 5.75 Å². The van der Waals surface area contributed by atoms with Gasteiger partial charge in [0, 0.05) is 12.1 Å². The fourth-order valence-electron chi connectivity index (χ4n) is 1.02. The molecule has 0 fully saturated rings. The molecule has 0 aliphatic carbocycles. The third-order valence-electron chi connectivity index (χ3n) is 1.61. The van der Waals surface area contributed by atoms with E-state index in [-0.39, 0.29) is 7.43 Å². The first-order valence-corrected chi connectivity index (χ1v) is 3.56. The van der Waals surface area contributed by atoms with Crippen LogP contribution in [0.25, 0.3) is 0 Å². The number of hydrogen-bond acceptors (Lipinski definition) is 5. The molecule has 0 amide bonds. The molecule has 7 heteroatoms. The first-order chi connectivity index (χ1) is 6.43. The molecule has 0 aromatic heterocycles. The van der Waals surface area contributed by atoms with Crippen molar-refractivity contribution in [3.05, 3.63) is 37.9 Å². The van der Waals surface area contributed by atoms with E-state index >= 15 is 0 Å². The molecule has 1 aromatic carbocycles. The summed E-state index contributed by atoms with van der Waals surface area (Å²) in [6, 6.07) is 2.14. The molecule has 1 rings (SSSR count). The fraction of sp³-hybridized carbons (Fsp3) is 0.250. The van der Waals surface area contributed by atoms with Crippen molar-refractivity contribution in [2.45, 2.75) is 14.4 Å². The molecule has 0 unspecified atom stereocenters. The standard InChI is InChI=1S/C7H6N2O5.CH4/c1-4-2-5(8(11)12)7(10)6(3-4)9(13)14;/h2-3,10H,1H3;1H4. The first kappa shape index (κ1) is 12.8. The van der Waals surface area contributed by atoms with Crippen molar-refractivity contribution in [1.82, 2.24) is 0 Å². The number of hydrogen-bond donors (Lipinski definition) is 1. The molecule has 15 heavy (non-hydrogen) atoms. The number of nitrogens with zero attached hydrogens (tertiary/aromatic N) is 2. The fourth-order valence-corrected chi connectivity index (χ4v) is 1.02. The number of nitro groups is 2. The third kappa shape index (κ3) is 2.39. The van der Waals surface area contributed by atoms with Crippen molar-refractivity contribution in [2.24, 2.45) is 0 Å². The van der Waals surface area contributed by atoms with Crippen LogP contribution in [0.1, 0.15) is 13.0 Å². The van der Waals surface area contributed by atoms with Crippen molar-refractivity contribution in [3.63, 3.8) is 0 Å². The maximum absolute atomic E-state index is 10.4. The van der Waals surface area contributed by atoms with Crippen LogP contribution in [0.5, 0.6) is 5.75 Å². The zero-order valence-corrected chi connectivity index (χ0v) is 7.13. The third-order valence-corrected chi connectivity index (χ3v) is 1.61. The van der Waals surface area contributed by atoms with Crippen LogP contribution in [0, 0.1) is 27.2 Å². The SMILES string of the molecule is C.Cc1cc([N+](=O)[O-])c(O)c([N+](=O)[O-])c1. The normalized spacial score (nSPS) is 9.13. The maximum atomic E-state index is 10.4. The second-order valence-electron chi connectivity index (χ2n) is 2.67. The summed E-state index contributed by atoms with van der Waals surface area (Å²) < 4.78 is 0. The van der Waals surface area contributed by atoms with Gasteiger partial charge in [-0.15, -0.1) is 0 Å². The number of aryl methyl sites for hydroxylation is 1. The largest absolute Gasteiger partial charge is 0.497 e. The quantitative estimate of drug-likeness (QED) is 0.599. The molecule has 0 aliphatic heterocycles. The Kier molecular flexibility index (Phi) is 3.72. The summed E-state index contributed by atoms with van der Waals surface area (Å²) in [7, 11) is 0. The van der Waals surface area contributed by atoms with E-state index in [0.717, 1.165) is 12.1 Å². The van der Waals surface area contributed by atoms with E-state index in [1.807, 2.05) is 0 Å². The summed E-state index contributed by atoms with van der Waals surface area (Å²) >= 11 is 0. The molecule has 1 N–H and O–H groups in total. The van der Waals surface area contributed by atoms with Gasteiger partial charge in [0.05, 0.1) is 9.85 Å². The Bertz CT molecular complexity index is 380. The lowest BCUT2D eigenvalue weighted by Crippen LogP contribution is -1.95. The monoisotopic (exact) mass is 214 g/mol. The maximum Gasteiger partial charge on any atom is 0.318 e. The lowest BCUT2D eigenvalue weighted by molar-refractivity contribution is -0.396. The second kappa shape index (κ2) is 4.36. The van der Waals surface area contributed by atoms with Crippen molar-refractivity contribution >= 4 is 11.4 Å². The highest BCUT2D eigenvalue weighted by Crippen LogP contribution is 2.36. The molecule has 0 heterocycles. The van der Waals surface area contributed by atoms with Crippen LogP contribution >= 0.6 is 0 Å². The average molecular weight is 214 g/mol. The minimum atomic E-state index is -0.911. The van der Waals surface area contributed by atoms with E-state index < -0.39 is 27.0 Å². The molecule has 0 saturated heterocycles. The number of benzene rings is 1. The van der Waals surface area contributed by atoms with Crippen LogP contribution in [0.2, 0.25) is 0 Å². The van der Waals surface area contributed by atoms with E-state index in [1.54, 1.807) is 0 Å². The Morgan fingerprint density at radius 1 is 1.13 bits per heavy atom. The molecular weight excluding hydrogens is 204 g/mol. The van der Waals surface area contributed by atoms with Crippen LogP contribution < -0.4 is 0 Å². The summed E-state index contributed by atoms with van der Waals surface area (Å²) in [5.74, 6) is -0.911. The second-order valence-corrected chi connectivity index (χ2v) is 2.67. The number of rotatable bonds is 2. The number of phenolic OH excluding ortho intramolecular Hbond substituents is 1. The molecule has 0 bridgehead atoms. The average Bonchev–Trinajstić information content (AvgIpc) is 2.07. The van der Waals surface area contributed by atoms with Gasteiger partial charge in [-0.3, -0.25) is 20.2 Å². The molecule has 0 spiro atoms. The van der Waals surface area contributed by atoms with Crippen LogP contribution in [0.3, 0.4) is 0 Å². The molecule has 82 valence electrons. The predicted octanol–water partition coefficient (Wildman–Crippen LogP) is 2.15. The number of nitro benzene ring substituents is 2. The Labute approximate surface area is 85.3 Å². The van der Waals surface area contributed by atoms with E-state index in [2.05, 4.69) is 0 Å². The number of phenols is 1. The summed E-state index contributed by atoms with van der Waals surface area (Å²) in [6.07, 6.45) is 0. The Morgan fingerprint density at radius 2 is 1.47 bits per heavy atom.